The Hall–Kier alpha value is -0.0800. The second kappa shape index (κ2) is 8.93. The predicted molar refractivity (Wildman–Crippen MR) is 76.5 cm³/mol. The van der Waals surface area contributed by atoms with E-state index >= 15 is 0 Å². The summed E-state index contributed by atoms with van der Waals surface area (Å²) in [6.07, 6.45) is 9.51. The average Bonchev–Trinajstić information content (AvgIpc) is 2.36. The summed E-state index contributed by atoms with van der Waals surface area (Å²) in [7, 11) is 0. The van der Waals surface area contributed by atoms with Gasteiger partial charge in [0.2, 0.25) is 0 Å². The molecule has 0 radical (unpaired) electrons. The quantitative estimate of drug-likeness (QED) is 0.699. The van der Waals surface area contributed by atoms with E-state index in [0.29, 0.717) is 6.04 Å². The highest BCUT2D eigenvalue weighted by atomic mass is 15.2. The molecule has 1 fully saturated rings. The van der Waals surface area contributed by atoms with Gasteiger partial charge < -0.3 is 5.32 Å². The minimum Gasteiger partial charge on any atom is -0.313 e. The van der Waals surface area contributed by atoms with Crippen LogP contribution >= 0.6 is 0 Å². The molecule has 1 aliphatic heterocycles. The summed E-state index contributed by atoms with van der Waals surface area (Å²) in [6.45, 7) is 10.6. The lowest BCUT2D eigenvalue weighted by molar-refractivity contribution is 0.124. The molecule has 1 saturated heterocycles. The van der Waals surface area contributed by atoms with Crippen molar-refractivity contribution in [3.8, 4) is 0 Å². The van der Waals surface area contributed by atoms with Crippen LogP contribution in [0.3, 0.4) is 0 Å². The Morgan fingerprint density at radius 1 is 1.18 bits per heavy atom. The highest BCUT2D eigenvalue weighted by molar-refractivity contribution is 4.80. The van der Waals surface area contributed by atoms with E-state index in [9.17, 15) is 0 Å². The van der Waals surface area contributed by atoms with Crippen molar-refractivity contribution in [2.75, 3.05) is 19.6 Å². The third kappa shape index (κ3) is 5.39. The normalized spacial score (nSPS) is 23.8. The van der Waals surface area contributed by atoms with Crippen LogP contribution in [0.2, 0.25) is 0 Å². The van der Waals surface area contributed by atoms with Crippen LogP contribution in [0, 0.1) is 0 Å². The van der Waals surface area contributed by atoms with E-state index in [1.54, 1.807) is 0 Å². The Balaban J connectivity index is 2.38. The van der Waals surface area contributed by atoms with Gasteiger partial charge in [-0.15, -0.1) is 0 Å². The van der Waals surface area contributed by atoms with E-state index in [2.05, 4.69) is 31.0 Å². The molecular weight excluding hydrogens is 208 g/mol. The van der Waals surface area contributed by atoms with E-state index < -0.39 is 0 Å². The molecule has 0 aromatic rings. The Bertz CT molecular complexity index is 180. The van der Waals surface area contributed by atoms with Crippen LogP contribution in [0.5, 0.6) is 0 Å². The number of hydrogen-bond acceptors (Lipinski definition) is 2. The maximum atomic E-state index is 3.69. The fourth-order valence-corrected chi connectivity index (χ4v) is 2.93. The van der Waals surface area contributed by atoms with E-state index in [0.717, 1.165) is 6.04 Å². The molecule has 0 saturated carbocycles. The third-order valence-corrected chi connectivity index (χ3v) is 4.00. The molecular formula is C15H32N2. The van der Waals surface area contributed by atoms with Crippen molar-refractivity contribution < 1.29 is 0 Å². The molecule has 0 amide bonds. The standard InChI is InChI=1S/C15H32N2/c1-4-9-15-10-7-8-12-17(15)13-14(6-3)16-11-5-2/h14-16H,4-13H2,1-3H3. The van der Waals surface area contributed by atoms with Gasteiger partial charge in [-0.3, -0.25) is 4.90 Å². The largest absolute Gasteiger partial charge is 0.313 e. The predicted octanol–water partition coefficient (Wildman–Crippen LogP) is 3.42. The van der Waals surface area contributed by atoms with Gasteiger partial charge in [0.15, 0.2) is 0 Å². The van der Waals surface area contributed by atoms with Gasteiger partial charge in [-0.25, -0.2) is 0 Å². The van der Waals surface area contributed by atoms with Crippen LogP contribution < -0.4 is 5.32 Å². The molecule has 0 spiro atoms. The summed E-state index contributed by atoms with van der Waals surface area (Å²) < 4.78 is 0. The van der Waals surface area contributed by atoms with Gasteiger partial charge in [0.25, 0.3) is 0 Å². The second-order valence-corrected chi connectivity index (χ2v) is 5.49. The smallest absolute Gasteiger partial charge is 0.0192 e. The highest BCUT2D eigenvalue weighted by Gasteiger charge is 2.23. The summed E-state index contributed by atoms with van der Waals surface area (Å²) in [4.78, 5) is 2.75. The highest BCUT2D eigenvalue weighted by Crippen LogP contribution is 2.21. The first kappa shape index (κ1) is 15.0. The zero-order valence-corrected chi connectivity index (χ0v) is 12.2. The van der Waals surface area contributed by atoms with Crippen molar-refractivity contribution in [2.24, 2.45) is 0 Å². The molecule has 0 aliphatic carbocycles. The number of nitrogens with zero attached hydrogens (tertiary/aromatic N) is 1. The molecule has 1 N–H and O–H groups in total. The minimum absolute atomic E-state index is 0.701. The first-order valence-electron chi connectivity index (χ1n) is 7.79. The first-order valence-corrected chi connectivity index (χ1v) is 7.79. The summed E-state index contributed by atoms with van der Waals surface area (Å²) in [5, 5.41) is 3.69. The van der Waals surface area contributed by atoms with Crippen molar-refractivity contribution in [2.45, 2.75) is 77.8 Å². The van der Waals surface area contributed by atoms with Gasteiger partial charge in [0.05, 0.1) is 0 Å². The van der Waals surface area contributed by atoms with Crippen molar-refractivity contribution in [1.29, 1.82) is 0 Å². The monoisotopic (exact) mass is 240 g/mol. The number of rotatable bonds is 8. The minimum atomic E-state index is 0.701. The fraction of sp³-hybridized carbons (Fsp3) is 1.00. The molecule has 1 aliphatic rings. The molecule has 1 heterocycles. The maximum Gasteiger partial charge on any atom is 0.0192 e. The van der Waals surface area contributed by atoms with Crippen LogP contribution in [0.15, 0.2) is 0 Å². The van der Waals surface area contributed by atoms with Crippen LogP contribution in [0.1, 0.15) is 65.7 Å². The summed E-state index contributed by atoms with van der Waals surface area (Å²) in [5.74, 6) is 0. The molecule has 2 nitrogen and oxygen atoms in total. The van der Waals surface area contributed by atoms with Gasteiger partial charge in [0, 0.05) is 18.6 Å². The van der Waals surface area contributed by atoms with Gasteiger partial charge in [-0.2, -0.15) is 0 Å². The third-order valence-electron chi connectivity index (χ3n) is 4.00. The van der Waals surface area contributed by atoms with Crippen molar-refractivity contribution in [3.05, 3.63) is 0 Å². The van der Waals surface area contributed by atoms with Crippen molar-refractivity contribution >= 4 is 0 Å². The number of hydrogen-bond donors (Lipinski definition) is 1. The number of likely N-dealkylation sites (tertiary alicyclic amines) is 1. The van der Waals surface area contributed by atoms with Crippen LogP contribution in [0.4, 0.5) is 0 Å². The number of nitrogens with one attached hydrogen (secondary N) is 1. The van der Waals surface area contributed by atoms with Crippen LogP contribution in [-0.2, 0) is 0 Å². The van der Waals surface area contributed by atoms with Crippen molar-refractivity contribution in [1.82, 2.24) is 10.2 Å². The van der Waals surface area contributed by atoms with Gasteiger partial charge >= 0.3 is 0 Å². The van der Waals surface area contributed by atoms with Crippen LogP contribution in [0.25, 0.3) is 0 Å². The number of piperidine rings is 1. The molecule has 2 atom stereocenters. The summed E-state index contributed by atoms with van der Waals surface area (Å²) >= 11 is 0. The second-order valence-electron chi connectivity index (χ2n) is 5.49. The lowest BCUT2D eigenvalue weighted by Crippen LogP contribution is -2.47. The molecule has 0 aromatic heterocycles. The van der Waals surface area contributed by atoms with Gasteiger partial charge in [-0.05, 0) is 45.2 Å². The zero-order chi connectivity index (χ0) is 12.5. The zero-order valence-electron chi connectivity index (χ0n) is 12.2. The maximum absolute atomic E-state index is 3.69. The Labute approximate surface area is 108 Å². The molecule has 17 heavy (non-hydrogen) atoms. The Morgan fingerprint density at radius 2 is 2.00 bits per heavy atom. The lowest BCUT2D eigenvalue weighted by atomic mass is 9.97. The molecule has 2 unspecified atom stereocenters. The van der Waals surface area contributed by atoms with Crippen LogP contribution in [-0.4, -0.2) is 36.6 Å². The molecule has 0 bridgehead atoms. The summed E-state index contributed by atoms with van der Waals surface area (Å²) in [5.41, 5.74) is 0. The molecule has 1 rings (SSSR count). The van der Waals surface area contributed by atoms with E-state index in [1.165, 1.54) is 64.6 Å². The average molecular weight is 240 g/mol. The molecule has 2 heteroatoms. The Kier molecular flexibility index (Phi) is 7.87. The lowest BCUT2D eigenvalue weighted by Gasteiger charge is -2.38. The molecule has 102 valence electrons. The fourth-order valence-electron chi connectivity index (χ4n) is 2.93. The SMILES string of the molecule is CCCNC(CC)CN1CCCCC1CCC. The first-order chi connectivity index (χ1) is 8.31. The van der Waals surface area contributed by atoms with E-state index in [1.807, 2.05) is 0 Å². The van der Waals surface area contributed by atoms with Crippen molar-refractivity contribution in [3.63, 3.8) is 0 Å². The summed E-state index contributed by atoms with van der Waals surface area (Å²) in [6, 6.07) is 1.57. The van der Waals surface area contributed by atoms with Gasteiger partial charge in [0.1, 0.15) is 0 Å². The Morgan fingerprint density at radius 3 is 2.65 bits per heavy atom. The topological polar surface area (TPSA) is 15.3 Å². The van der Waals surface area contributed by atoms with E-state index in [-0.39, 0.29) is 0 Å². The molecule has 0 aromatic carbocycles. The van der Waals surface area contributed by atoms with E-state index in [4.69, 9.17) is 0 Å². The van der Waals surface area contributed by atoms with Gasteiger partial charge in [-0.1, -0.05) is 33.6 Å².